The topological polar surface area (TPSA) is 119 Å². The van der Waals surface area contributed by atoms with Crippen molar-refractivity contribution >= 4 is 22.5 Å². The summed E-state index contributed by atoms with van der Waals surface area (Å²) in [6.07, 6.45) is 0. The molecule has 3 N–H and O–H groups in total. The number of benzene rings is 1. The SMILES string of the molecule is Cc1ccc2c(N=Nc3nnc(C)c(=O)[nH]3)c(O)[nH]c2c1C. The van der Waals surface area contributed by atoms with E-state index >= 15 is 0 Å². The molecule has 0 saturated heterocycles. The first-order valence-corrected chi connectivity index (χ1v) is 6.63. The lowest BCUT2D eigenvalue weighted by Gasteiger charge is -2.00. The molecule has 8 nitrogen and oxygen atoms in total. The van der Waals surface area contributed by atoms with Gasteiger partial charge in [0, 0.05) is 5.39 Å². The number of aromatic amines is 2. The Hall–Kier alpha value is -3.03. The number of fused-ring (bicyclic) bond motifs is 1. The Kier molecular flexibility index (Phi) is 3.21. The van der Waals surface area contributed by atoms with Crippen molar-refractivity contribution in [3.8, 4) is 5.88 Å². The zero-order chi connectivity index (χ0) is 15.9. The maximum absolute atomic E-state index is 11.4. The van der Waals surface area contributed by atoms with Gasteiger partial charge < -0.3 is 10.1 Å². The van der Waals surface area contributed by atoms with E-state index < -0.39 is 0 Å². The van der Waals surface area contributed by atoms with Crippen LogP contribution in [0.3, 0.4) is 0 Å². The Bertz CT molecular complexity index is 954. The summed E-state index contributed by atoms with van der Waals surface area (Å²) in [5.41, 5.74) is 3.10. The number of nitrogens with zero attached hydrogens (tertiary/aromatic N) is 4. The van der Waals surface area contributed by atoms with Gasteiger partial charge in [0.1, 0.15) is 5.69 Å². The van der Waals surface area contributed by atoms with Gasteiger partial charge in [-0.1, -0.05) is 12.1 Å². The van der Waals surface area contributed by atoms with Gasteiger partial charge in [-0.15, -0.1) is 20.4 Å². The van der Waals surface area contributed by atoms with Gasteiger partial charge in [0.2, 0.25) is 5.88 Å². The molecule has 0 aliphatic carbocycles. The molecule has 0 fully saturated rings. The molecule has 3 rings (SSSR count). The standard InChI is InChI=1S/C14H14N6O2/c1-6-4-5-9-10(7(6)2)15-13(22)11(9)18-20-14-16-12(21)8(3)17-19-14/h4-5,15,22H,1-3H3,(H,16,19,21). The molecule has 2 aromatic heterocycles. The average molecular weight is 298 g/mol. The molecule has 3 aromatic rings. The van der Waals surface area contributed by atoms with Crippen LogP contribution in [0.2, 0.25) is 0 Å². The van der Waals surface area contributed by atoms with Gasteiger partial charge in [-0.05, 0) is 31.9 Å². The number of azo groups is 1. The number of aryl methyl sites for hydroxylation is 3. The second kappa shape index (κ2) is 5.06. The Morgan fingerprint density at radius 2 is 1.86 bits per heavy atom. The molecule has 0 unspecified atom stereocenters. The fraction of sp³-hybridized carbons (Fsp3) is 0.214. The van der Waals surface area contributed by atoms with Gasteiger partial charge in [-0.3, -0.25) is 9.78 Å². The summed E-state index contributed by atoms with van der Waals surface area (Å²) in [6, 6.07) is 3.79. The second-order valence-electron chi connectivity index (χ2n) is 5.02. The summed E-state index contributed by atoms with van der Waals surface area (Å²) in [6.45, 7) is 5.49. The molecule has 22 heavy (non-hydrogen) atoms. The molecule has 1 aromatic carbocycles. The van der Waals surface area contributed by atoms with Crippen LogP contribution in [-0.4, -0.2) is 25.3 Å². The molecule has 0 bridgehead atoms. The molecule has 112 valence electrons. The monoisotopic (exact) mass is 298 g/mol. The van der Waals surface area contributed by atoms with Crippen molar-refractivity contribution < 1.29 is 5.11 Å². The number of hydrogen-bond donors (Lipinski definition) is 3. The van der Waals surface area contributed by atoms with Crippen LogP contribution in [0.4, 0.5) is 11.6 Å². The predicted octanol–water partition coefficient (Wildman–Crippen LogP) is 2.69. The first kappa shape index (κ1) is 13.9. The van der Waals surface area contributed by atoms with Crippen molar-refractivity contribution in [1.82, 2.24) is 20.2 Å². The highest BCUT2D eigenvalue weighted by molar-refractivity contribution is 5.96. The third kappa shape index (κ3) is 2.24. The number of aromatic hydroxyl groups is 1. The van der Waals surface area contributed by atoms with Gasteiger partial charge in [0.25, 0.3) is 11.5 Å². The van der Waals surface area contributed by atoms with Crippen LogP contribution in [0.5, 0.6) is 5.88 Å². The lowest BCUT2D eigenvalue weighted by Crippen LogP contribution is -2.12. The van der Waals surface area contributed by atoms with E-state index in [0.29, 0.717) is 5.69 Å². The van der Waals surface area contributed by atoms with E-state index in [2.05, 4.69) is 30.4 Å². The third-order valence-corrected chi connectivity index (χ3v) is 3.55. The van der Waals surface area contributed by atoms with E-state index in [-0.39, 0.29) is 23.1 Å². The maximum atomic E-state index is 11.4. The van der Waals surface area contributed by atoms with E-state index in [0.717, 1.165) is 22.0 Å². The highest BCUT2D eigenvalue weighted by atomic mass is 16.3. The fourth-order valence-corrected chi connectivity index (χ4v) is 2.11. The van der Waals surface area contributed by atoms with Gasteiger partial charge in [0.15, 0.2) is 5.69 Å². The summed E-state index contributed by atoms with van der Waals surface area (Å²) >= 11 is 0. The molecule has 8 heteroatoms. The lowest BCUT2D eigenvalue weighted by molar-refractivity contribution is 0.459. The summed E-state index contributed by atoms with van der Waals surface area (Å²) in [4.78, 5) is 16.8. The van der Waals surface area contributed by atoms with Crippen LogP contribution >= 0.6 is 0 Å². The first-order valence-electron chi connectivity index (χ1n) is 6.63. The molecule has 0 radical (unpaired) electrons. The number of nitrogens with one attached hydrogen (secondary N) is 2. The average Bonchev–Trinajstić information content (AvgIpc) is 2.81. The highest BCUT2D eigenvalue weighted by Gasteiger charge is 2.13. The molecule has 0 amide bonds. The van der Waals surface area contributed by atoms with Gasteiger partial charge in [0.05, 0.1) is 5.52 Å². The summed E-state index contributed by atoms with van der Waals surface area (Å²) in [7, 11) is 0. The molecule has 0 spiro atoms. The van der Waals surface area contributed by atoms with E-state index in [1.165, 1.54) is 0 Å². The minimum absolute atomic E-state index is 0.0202. The van der Waals surface area contributed by atoms with Crippen LogP contribution in [0.25, 0.3) is 10.9 Å². The van der Waals surface area contributed by atoms with Crippen molar-refractivity contribution in [3.63, 3.8) is 0 Å². The zero-order valence-corrected chi connectivity index (χ0v) is 12.3. The summed E-state index contributed by atoms with van der Waals surface area (Å²) in [5.74, 6) is -0.108. The zero-order valence-electron chi connectivity index (χ0n) is 12.3. The van der Waals surface area contributed by atoms with Crippen LogP contribution in [0.1, 0.15) is 16.8 Å². The number of H-pyrrole nitrogens is 2. The van der Waals surface area contributed by atoms with Gasteiger partial charge in [-0.25, -0.2) is 0 Å². The van der Waals surface area contributed by atoms with Crippen LogP contribution < -0.4 is 5.56 Å². The van der Waals surface area contributed by atoms with E-state index in [9.17, 15) is 9.90 Å². The molecule has 0 aliphatic rings. The van der Waals surface area contributed by atoms with Crippen molar-refractivity contribution in [2.75, 3.05) is 0 Å². The van der Waals surface area contributed by atoms with Crippen LogP contribution in [0, 0.1) is 20.8 Å². The Morgan fingerprint density at radius 3 is 2.59 bits per heavy atom. The molecule has 0 aliphatic heterocycles. The largest absolute Gasteiger partial charge is 0.493 e. The molecule has 0 saturated carbocycles. The van der Waals surface area contributed by atoms with E-state index in [4.69, 9.17) is 0 Å². The number of aromatic nitrogens is 4. The minimum atomic E-state index is -0.376. The van der Waals surface area contributed by atoms with Gasteiger partial charge >= 0.3 is 0 Å². The van der Waals surface area contributed by atoms with Gasteiger partial charge in [-0.2, -0.15) is 0 Å². The molecular formula is C14H14N6O2. The van der Waals surface area contributed by atoms with Crippen LogP contribution in [-0.2, 0) is 0 Å². The smallest absolute Gasteiger partial charge is 0.274 e. The second-order valence-corrected chi connectivity index (χ2v) is 5.02. The van der Waals surface area contributed by atoms with Crippen LogP contribution in [0.15, 0.2) is 27.2 Å². The van der Waals surface area contributed by atoms with Crippen molar-refractivity contribution in [2.45, 2.75) is 20.8 Å². The highest BCUT2D eigenvalue weighted by Crippen LogP contribution is 2.37. The minimum Gasteiger partial charge on any atom is -0.493 e. The number of rotatable bonds is 2. The Morgan fingerprint density at radius 1 is 1.09 bits per heavy atom. The predicted molar refractivity (Wildman–Crippen MR) is 81.0 cm³/mol. The third-order valence-electron chi connectivity index (χ3n) is 3.55. The van der Waals surface area contributed by atoms with E-state index in [1.54, 1.807) is 6.92 Å². The fourth-order valence-electron chi connectivity index (χ4n) is 2.11. The Balaban J connectivity index is 2.09. The number of hydrogen-bond acceptors (Lipinski definition) is 6. The normalized spacial score (nSPS) is 11.6. The van der Waals surface area contributed by atoms with Crippen molar-refractivity contribution in [1.29, 1.82) is 0 Å². The maximum Gasteiger partial charge on any atom is 0.274 e. The van der Waals surface area contributed by atoms with Crippen molar-refractivity contribution in [2.24, 2.45) is 10.2 Å². The first-order chi connectivity index (χ1) is 10.5. The lowest BCUT2D eigenvalue weighted by atomic mass is 10.1. The quantitative estimate of drug-likeness (QED) is 0.630. The molecular weight excluding hydrogens is 284 g/mol. The Labute approximate surface area is 125 Å². The van der Waals surface area contributed by atoms with E-state index in [1.807, 2.05) is 26.0 Å². The summed E-state index contributed by atoms with van der Waals surface area (Å²) in [5, 5.41) is 26.0. The summed E-state index contributed by atoms with van der Waals surface area (Å²) < 4.78 is 0. The van der Waals surface area contributed by atoms with Crippen molar-refractivity contribution in [3.05, 3.63) is 39.3 Å². The molecule has 0 atom stereocenters. The molecule has 2 heterocycles.